The van der Waals surface area contributed by atoms with E-state index >= 15 is 0 Å². The first kappa shape index (κ1) is 42.8. The standard InChI is InChI=1S/C30H45NO23/c32-5-11-15(33)19(37)23(41)27(51-11)47-6-12-16(34)20(38)24(42)28(52-12)48-7-13-17(35)21(39)25(43)29(53-13)49-8-14-18(36)22(40)26(44)30(54-14)50-10-3-1-9(2-4-10)31(45)46/h1-4,11-30,32-44H,5-8H2/t11-,12-,13-,14-,15+,16+,17+,18+,19+,20+,21+,22+,23-,24-,25-,26-,27-,28-,29-,30+/m1/s1. The molecule has 4 aliphatic rings. The number of hydrogen-bond acceptors (Lipinski definition) is 23. The lowest BCUT2D eigenvalue weighted by atomic mass is 9.98. The Bertz CT molecular complexity index is 1340. The van der Waals surface area contributed by atoms with Crippen molar-refractivity contribution in [2.45, 2.75) is 123 Å². The maximum absolute atomic E-state index is 10.9. The third-order valence-electron chi connectivity index (χ3n) is 9.43. The van der Waals surface area contributed by atoms with Crippen molar-refractivity contribution in [3.05, 3.63) is 34.4 Å². The Morgan fingerprint density at radius 2 is 0.796 bits per heavy atom. The molecule has 0 aliphatic carbocycles. The Kier molecular flexibility index (Phi) is 14.5. The number of rotatable bonds is 13. The fourth-order valence-corrected chi connectivity index (χ4v) is 6.09. The molecule has 0 unspecified atom stereocenters. The van der Waals surface area contributed by atoms with Gasteiger partial charge in [-0.1, -0.05) is 0 Å². The van der Waals surface area contributed by atoms with E-state index in [1.54, 1.807) is 0 Å². The van der Waals surface area contributed by atoms with Crippen LogP contribution in [-0.2, 0) is 33.2 Å². The molecule has 13 N–H and O–H groups in total. The Hall–Kier alpha value is -2.38. The molecule has 0 radical (unpaired) electrons. The van der Waals surface area contributed by atoms with Crippen LogP contribution in [0.5, 0.6) is 5.75 Å². The van der Waals surface area contributed by atoms with E-state index in [2.05, 4.69) is 0 Å². The minimum atomic E-state index is -1.93. The maximum Gasteiger partial charge on any atom is 0.269 e. The predicted molar refractivity (Wildman–Crippen MR) is 165 cm³/mol. The topological polar surface area (TPSA) is 380 Å². The van der Waals surface area contributed by atoms with Gasteiger partial charge in [-0.15, -0.1) is 0 Å². The van der Waals surface area contributed by atoms with Crippen LogP contribution in [0.25, 0.3) is 0 Å². The molecule has 4 saturated heterocycles. The number of ether oxygens (including phenoxy) is 8. The summed E-state index contributed by atoms with van der Waals surface area (Å²) in [6, 6.07) is 4.64. The van der Waals surface area contributed by atoms with Crippen LogP contribution in [-0.4, -0.2) is 221 Å². The van der Waals surface area contributed by atoms with Crippen molar-refractivity contribution < 1.29 is 109 Å². The van der Waals surface area contributed by atoms with E-state index in [4.69, 9.17) is 37.9 Å². The lowest BCUT2D eigenvalue weighted by Crippen LogP contribution is -2.63. The van der Waals surface area contributed by atoms with Gasteiger partial charge < -0.3 is 104 Å². The molecule has 24 nitrogen and oxygen atoms in total. The van der Waals surface area contributed by atoms with Crippen molar-refractivity contribution in [1.82, 2.24) is 0 Å². The minimum absolute atomic E-state index is 0.000590. The Balaban J connectivity index is 1.16. The van der Waals surface area contributed by atoms with Crippen LogP contribution in [0.3, 0.4) is 0 Å². The van der Waals surface area contributed by atoms with Crippen LogP contribution in [0.15, 0.2) is 24.3 Å². The van der Waals surface area contributed by atoms with Gasteiger partial charge in [-0.25, -0.2) is 0 Å². The number of nitrogens with zero attached hydrogens (tertiary/aromatic N) is 1. The molecule has 54 heavy (non-hydrogen) atoms. The molecule has 0 saturated carbocycles. The molecule has 308 valence electrons. The summed E-state index contributed by atoms with van der Waals surface area (Å²) in [7, 11) is 0. The van der Waals surface area contributed by atoms with Crippen LogP contribution >= 0.6 is 0 Å². The number of benzene rings is 1. The molecule has 0 bridgehead atoms. The van der Waals surface area contributed by atoms with E-state index in [0.29, 0.717) is 0 Å². The monoisotopic (exact) mass is 787 g/mol. The highest BCUT2D eigenvalue weighted by atomic mass is 16.8. The predicted octanol–water partition coefficient (Wildman–Crippen LogP) is -7.75. The number of aliphatic hydroxyl groups excluding tert-OH is 13. The number of hydrogen-bond donors (Lipinski definition) is 13. The van der Waals surface area contributed by atoms with Gasteiger partial charge in [0.15, 0.2) is 18.9 Å². The summed E-state index contributed by atoms with van der Waals surface area (Å²) in [6.07, 6.45) is -34.5. The van der Waals surface area contributed by atoms with Crippen LogP contribution < -0.4 is 4.74 Å². The van der Waals surface area contributed by atoms with Gasteiger partial charge in [-0.2, -0.15) is 0 Å². The molecule has 0 aromatic heterocycles. The van der Waals surface area contributed by atoms with E-state index in [9.17, 15) is 76.5 Å². The highest BCUT2D eigenvalue weighted by molar-refractivity contribution is 5.36. The number of nitro benzene ring substituents is 1. The van der Waals surface area contributed by atoms with E-state index in [1.165, 1.54) is 12.1 Å². The van der Waals surface area contributed by atoms with Crippen molar-refractivity contribution in [1.29, 1.82) is 0 Å². The summed E-state index contributed by atoms with van der Waals surface area (Å²) in [5, 5.41) is 145. The maximum atomic E-state index is 10.9. The molecular weight excluding hydrogens is 742 g/mol. The molecule has 4 heterocycles. The van der Waals surface area contributed by atoms with E-state index < -0.39 is 154 Å². The second kappa shape index (κ2) is 18.3. The smallest absolute Gasteiger partial charge is 0.269 e. The summed E-state index contributed by atoms with van der Waals surface area (Å²) in [5.41, 5.74) is -0.251. The number of non-ortho nitro benzene ring substituents is 1. The second-order valence-electron chi connectivity index (χ2n) is 13.1. The van der Waals surface area contributed by atoms with E-state index in [1.807, 2.05) is 0 Å². The summed E-state index contributed by atoms with van der Waals surface area (Å²) in [4.78, 5) is 10.3. The van der Waals surface area contributed by atoms with Gasteiger partial charge in [-0.3, -0.25) is 10.1 Å². The zero-order chi connectivity index (χ0) is 39.6. The average molecular weight is 788 g/mol. The van der Waals surface area contributed by atoms with Crippen molar-refractivity contribution >= 4 is 5.69 Å². The Labute approximate surface area is 304 Å². The molecule has 0 spiro atoms. The fraction of sp³-hybridized carbons (Fsp3) is 0.800. The normalized spacial score (nSPS) is 45.9. The van der Waals surface area contributed by atoms with Gasteiger partial charge in [0.25, 0.3) is 5.69 Å². The summed E-state index contributed by atoms with van der Waals surface area (Å²) < 4.78 is 43.7. The molecule has 1 aromatic carbocycles. The van der Waals surface area contributed by atoms with Crippen molar-refractivity contribution in [2.75, 3.05) is 26.4 Å². The van der Waals surface area contributed by atoms with Crippen molar-refractivity contribution in [3.8, 4) is 5.75 Å². The molecule has 5 rings (SSSR count). The van der Waals surface area contributed by atoms with Gasteiger partial charge in [0, 0.05) is 12.1 Å². The molecule has 0 amide bonds. The SMILES string of the molecule is O=[N+]([O-])c1ccc(O[C@H]2O[C@H](CO[C@@H]3O[C@H](CO[C@@H]4O[C@H](CO[C@@H]5O[C@H](CO)[C@H](O)[C@H](O)[C@H]5O)[C@H](O)[C@H](O)[C@H]4O)[C@H](O)[C@H](O)[C@H]3O)[C@H](O)[C@H](O)[C@H]2O)cc1. The lowest BCUT2D eigenvalue weighted by molar-refractivity contribution is -0.384. The zero-order valence-electron chi connectivity index (χ0n) is 28.0. The first-order valence-electron chi connectivity index (χ1n) is 16.7. The van der Waals surface area contributed by atoms with Crippen molar-refractivity contribution in [3.63, 3.8) is 0 Å². The molecule has 1 aromatic rings. The van der Waals surface area contributed by atoms with Crippen LogP contribution in [0, 0.1) is 10.1 Å². The van der Waals surface area contributed by atoms with Gasteiger partial charge in [-0.05, 0) is 12.1 Å². The quantitative estimate of drug-likeness (QED) is 0.0652. The third kappa shape index (κ3) is 9.25. The van der Waals surface area contributed by atoms with Crippen LogP contribution in [0.2, 0.25) is 0 Å². The molecule has 4 fully saturated rings. The fourth-order valence-electron chi connectivity index (χ4n) is 6.09. The number of nitro groups is 1. The largest absolute Gasteiger partial charge is 0.462 e. The Morgan fingerprint density at radius 1 is 0.481 bits per heavy atom. The van der Waals surface area contributed by atoms with Gasteiger partial charge >= 0.3 is 0 Å². The van der Waals surface area contributed by atoms with Gasteiger partial charge in [0.05, 0.1) is 31.4 Å². The summed E-state index contributed by atoms with van der Waals surface area (Å²) in [6.45, 7) is -2.79. The summed E-state index contributed by atoms with van der Waals surface area (Å²) in [5.74, 6) is 0.000590. The Morgan fingerprint density at radius 3 is 1.15 bits per heavy atom. The molecule has 4 aliphatic heterocycles. The molecule has 24 heteroatoms. The average Bonchev–Trinajstić information content (AvgIpc) is 3.16. The highest BCUT2D eigenvalue weighted by Crippen LogP contribution is 2.30. The molecular formula is C30H45NO23. The van der Waals surface area contributed by atoms with E-state index in [-0.39, 0.29) is 11.4 Å². The third-order valence-corrected chi connectivity index (χ3v) is 9.43. The highest BCUT2D eigenvalue weighted by Gasteiger charge is 2.50. The van der Waals surface area contributed by atoms with Crippen molar-refractivity contribution in [2.24, 2.45) is 0 Å². The summed E-state index contributed by atoms with van der Waals surface area (Å²) >= 11 is 0. The van der Waals surface area contributed by atoms with Crippen LogP contribution in [0.1, 0.15) is 0 Å². The van der Waals surface area contributed by atoms with E-state index in [0.717, 1.165) is 12.1 Å². The van der Waals surface area contributed by atoms with Gasteiger partial charge in [0.2, 0.25) is 6.29 Å². The van der Waals surface area contributed by atoms with Gasteiger partial charge in [0.1, 0.15) is 103 Å². The second-order valence-corrected chi connectivity index (χ2v) is 13.1. The lowest BCUT2D eigenvalue weighted by Gasteiger charge is -2.44. The first-order chi connectivity index (χ1) is 25.5. The minimum Gasteiger partial charge on any atom is -0.462 e. The molecule has 20 atom stereocenters. The zero-order valence-corrected chi connectivity index (χ0v) is 28.0. The van der Waals surface area contributed by atoms with Crippen LogP contribution in [0.4, 0.5) is 5.69 Å². The number of aliphatic hydroxyl groups is 13. The first-order valence-corrected chi connectivity index (χ1v) is 16.7.